The third kappa shape index (κ3) is 2.57. The number of benzene rings is 1. The Morgan fingerprint density at radius 1 is 1.32 bits per heavy atom. The van der Waals surface area contributed by atoms with E-state index in [0.717, 1.165) is 37.6 Å². The van der Waals surface area contributed by atoms with E-state index in [9.17, 15) is 4.79 Å². The molecule has 1 aromatic carbocycles. The van der Waals surface area contributed by atoms with Crippen LogP contribution in [-0.4, -0.2) is 43.6 Å². The summed E-state index contributed by atoms with van der Waals surface area (Å²) < 4.78 is 5.38. The third-order valence-corrected chi connectivity index (χ3v) is 3.82. The van der Waals surface area contributed by atoms with Gasteiger partial charge in [0.2, 0.25) is 0 Å². The molecule has 0 aromatic heterocycles. The molecular formula is C14H19N3O2. The maximum Gasteiger partial charge on any atom is 0.262 e. The van der Waals surface area contributed by atoms with Crippen molar-refractivity contribution in [2.75, 3.05) is 38.1 Å². The predicted octanol–water partition coefficient (Wildman–Crippen LogP) is 0.984. The van der Waals surface area contributed by atoms with Crippen LogP contribution in [0.4, 0.5) is 5.69 Å². The average Bonchev–Trinajstić information content (AvgIpc) is 2.46. The number of amides is 1. The lowest BCUT2D eigenvalue weighted by Crippen LogP contribution is -2.44. The fourth-order valence-corrected chi connectivity index (χ4v) is 2.64. The van der Waals surface area contributed by atoms with Crippen LogP contribution in [0.3, 0.4) is 0 Å². The summed E-state index contributed by atoms with van der Waals surface area (Å²) in [6, 6.07) is 6.41. The van der Waals surface area contributed by atoms with Crippen LogP contribution in [0.1, 0.15) is 18.5 Å². The number of hydrogen-bond acceptors (Lipinski definition) is 4. The van der Waals surface area contributed by atoms with Gasteiger partial charge in [-0.15, -0.1) is 0 Å². The Morgan fingerprint density at radius 3 is 2.89 bits per heavy atom. The Morgan fingerprint density at radius 2 is 2.11 bits per heavy atom. The zero-order chi connectivity index (χ0) is 13.2. The van der Waals surface area contributed by atoms with Crippen molar-refractivity contribution in [2.45, 2.75) is 13.0 Å². The van der Waals surface area contributed by atoms with Crippen LogP contribution in [0.25, 0.3) is 0 Å². The summed E-state index contributed by atoms with van der Waals surface area (Å²) in [7, 11) is 0. The van der Waals surface area contributed by atoms with Gasteiger partial charge in [0.15, 0.2) is 6.61 Å². The largest absolute Gasteiger partial charge is 0.482 e. The molecule has 1 aromatic rings. The molecule has 5 heteroatoms. The van der Waals surface area contributed by atoms with Gasteiger partial charge < -0.3 is 15.4 Å². The number of carbonyl (C=O) groups is 1. The van der Waals surface area contributed by atoms with Gasteiger partial charge in [0.05, 0.1) is 5.69 Å². The monoisotopic (exact) mass is 261 g/mol. The highest BCUT2D eigenvalue weighted by Gasteiger charge is 2.21. The van der Waals surface area contributed by atoms with Gasteiger partial charge in [-0.3, -0.25) is 9.69 Å². The Labute approximate surface area is 112 Å². The number of piperazine rings is 1. The number of hydrogen-bond donors (Lipinski definition) is 2. The first-order valence-corrected chi connectivity index (χ1v) is 6.75. The topological polar surface area (TPSA) is 53.6 Å². The van der Waals surface area contributed by atoms with Crippen LogP contribution < -0.4 is 15.4 Å². The van der Waals surface area contributed by atoms with Crippen molar-refractivity contribution >= 4 is 11.6 Å². The number of nitrogens with one attached hydrogen (secondary N) is 2. The molecule has 1 saturated heterocycles. The lowest BCUT2D eigenvalue weighted by Gasteiger charge is -2.33. The molecular weight excluding hydrogens is 242 g/mol. The van der Waals surface area contributed by atoms with Crippen LogP contribution >= 0.6 is 0 Å². The minimum absolute atomic E-state index is 0.0838. The molecule has 1 fully saturated rings. The molecule has 0 aliphatic carbocycles. The molecule has 2 aliphatic rings. The number of nitrogens with zero attached hydrogens (tertiary/aromatic N) is 1. The lowest BCUT2D eigenvalue weighted by molar-refractivity contribution is -0.118. The van der Waals surface area contributed by atoms with Gasteiger partial charge in [0, 0.05) is 32.2 Å². The van der Waals surface area contributed by atoms with Crippen molar-refractivity contribution in [3.63, 3.8) is 0 Å². The molecule has 5 nitrogen and oxygen atoms in total. The van der Waals surface area contributed by atoms with E-state index in [0.29, 0.717) is 6.04 Å². The SMILES string of the molecule is CC(c1ccc2c(c1)NC(=O)CO2)N1CCNCC1. The van der Waals surface area contributed by atoms with Gasteiger partial charge >= 0.3 is 0 Å². The Balaban J connectivity index is 1.80. The summed E-state index contributed by atoms with van der Waals surface area (Å²) in [5.41, 5.74) is 2.00. The predicted molar refractivity (Wildman–Crippen MR) is 73.4 cm³/mol. The molecule has 0 saturated carbocycles. The fourth-order valence-electron chi connectivity index (χ4n) is 2.64. The van der Waals surface area contributed by atoms with Gasteiger partial charge in [-0.05, 0) is 24.6 Å². The highest BCUT2D eigenvalue weighted by molar-refractivity contribution is 5.95. The van der Waals surface area contributed by atoms with Crippen LogP contribution in [0.15, 0.2) is 18.2 Å². The van der Waals surface area contributed by atoms with Crippen molar-refractivity contribution in [3.05, 3.63) is 23.8 Å². The van der Waals surface area contributed by atoms with E-state index in [4.69, 9.17) is 4.74 Å². The normalized spacial score (nSPS) is 21.2. The van der Waals surface area contributed by atoms with Crippen molar-refractivity contribution < 1.29 is 9.53 Å². The van der Waals surface area contributed by atoms with Gasteiger partial charge in [-0.25, -0.2) is 0 Å². The second-order valence-corrected chi connectivity index (χ2v) is 5.05. The van der Waals surface area contributed by atoms with Crippen molar-refractivity contribution in [1.29, 1.82) is 0 Å². The van der Waals surface area contributed by atoms with E-state index in [1.165, 1.54) is 5.56 Å². The molecule has 0 bridgehead atoms. The van der Waals surface area contributed by atoms with E-state index >= 15 is 0 Å². The highest BCUT2D eigenvalue weighted by atomic mass is 16.5. The average molecular weight is 261 g/mol. The van der Waals surface area contributed by atoms with Crippen LogP contribution in [0.2, 0.25) is 0 Å². The zero-order valence-corrected chi connectivity index (χ0v) is 11.1. The summed E-state index contributed by atoms with van der Waals surface area (Å²) >= 11 is 0. The Kier molecular flexibility index (Phi) is 3.40. The first kappa shape index (κ1) is 12.4. The summed E-state index contributed by atoms with van der Waals surface area (Å²) in [4.78, 5) is 13.8. The van der Waals surface area contributed by atoms with E-state index < -0.39 is 0 Å². The zero-order valence-electron chi connectivity index (χ0n) is 11.1. The van der Waals surface area contributed by atoms with Gasteiger partial charge in [-0.2, -0.15) is 0 Å². The molecule has 102 valence electrons. The number of ether oxygens (including phenoxy) is 1. The minimum atomic E-state index is -0.0838. The molecule has 1 amide bonds. The summed E-state index contributed by atoms with van der Waals surface area (Å²) in [5, 5.41) is 6.22. The standard InChI is InChI=1S/C14H19N3O2/c1-10(17-6-4-15-5-7-17)11-2-3-13-12(8-11)16-14(18)9-19-13/h2-3,8,10,15H,4-7,9H2,1H3,(H,16,18). The van der Waals surface area contributed by atoms with E-state index in [-0.39, 0.29) is 12.5 Å². The smallest absolute Gasteiger partial charge is 0.262 e. The van der Waals surface area contributed by atoms with Crippen LogP contribution in [0, 0.1) is 0 Å². The first-order chi connectivity index (χ1) is 9.24. The Hall–Kier alpha value is -1.59. The Bertz CT molecular complexity index is 484. The molecule has 0 spiro atoms. The summed E-state index contributed by atoms with van der Waals surface area (Å²) in [6.07, 6.45) is 0. The van der Waals surface area contributed by atoms with Gasteiger partial charge in [0.25, 0.3) is 5.91 Å². The van der Waals surface area contributed by atoms with Crippen LogP contribution in [-0.2, 0) is 4.79 Å². The quantitative estimate of drug-likeness (QED) is 0.833. The second-order valence-electron chi connectivity index (χ2n) is 5.05. The number of rotatable bonds is 2. The summed E-state index contributed by atoms with van der Waals surface area (Å²) in [5.74, 6) is 0.676. The summed E-state index contributed by atoms with van der Waals surface area (Å²) in [6.45, 7) is 6.50. The highest BCUT2D eigenvalue weighted by Crippen LogP contribution is 2.32. The molecule has 19 heavy (non-hydrogen) atoms. The van der Waals surface area contributed by atoms with Crippen LogP contribution in [0.5, 0.6) is 5.75 Å². The molecule has 2 aliphatic heterocycles. The van der Waals surface area contributed by atoms with E-state index in [1.807, 2.05) is 12.1 Å². The molecule has 1 unspecified atom stereocenters. The number of anilines is 1. The third-order valence-electron chi connectivity index (χ3n) is 3.82. The van der Waals surface area contributed by atoms with E-state index in [1.54, 1.807) is 0 Å². The maximum absolute atomic E-state index is 11.4. The number of carbonyl (C=O) groups excluding carboxylic acids is 1. The van der Waals surface area contributed by atoms with Crippen molar-refractivity contribution in [1.82, 2.24) is 10.2 Å². The number of fused-ring (bicyclic) bond motifs is 1. The van der Waals surface area contributed by atoms with Gasteiger partial charge in [-0.1, -0.05) is 6.07 Å². The first-order valence-electron chi connectivity index (χ1n) is 6.75. The molecule has 1 atom stereocenters. The van der Waals surface area contributed by atoms with Gasteiger partial charge in [0.1, 0.15) is 5.75 Å². The second kappa shape index (κ2) is 5.19. The molecule has 2 N–H and O–H groups in total. The molecule has 3 rings (SSSR count). The maximum atomic E-state index is 11.4. The van der Waals surface area contributed by atoms with Crippen molar-refractivity contribution in [2.24, 2.45) is 0 Å². The lowest BCUT2D eigenvalue weighted by atomic mass is 10.0. The molecule has 2 heterocycles. The molecule has 0 radical (unpaired) electrons. The minimum Gasteiger partial charge on any atom is -0.482 e. The fraction of sp³-hybridized carbons (Fsp3) is 0.500. The van der Waals surface area contributed by atoms with Crippen molar-refractivity contribution in [3.8, 4) is 5.75 Å². The van der Waals surface area contributed by atoms with E-state index in [2.05, 4.69) is 28.5 Å².